The van der Waals surface area contributed by atoms with Crippen LogP contribution in [0.5, 0.6) is 0 Å². The second-order valence-electron chi connectivity index (χ2n) is 10.0. The molecule has 3 aromatic carbocycles. The Morgan fingerprint density at radius 3 is 2.76 bits per heavy atom. The maximum absolute atomic E-state index is 15.7. The second-order valence-corrected chi connectivity index (χ2v) is 11.3. The number of Topliss-reactive ketones (excluding diaryl/α,β-unsaturated/α-hetero) is 1. The van der Waals surface area contributed by atoms with Crippen LogP contribution in [-0.2, 0) is 16.1 Å². The smallest absolute Gasteiger partial charge is 0.247 e. The summed E-state index contributed by atoms with van der Waals surface area (Å²) >= 11 is 9.87. The fraction of sp³-hybridized carbons (Fsp3) is 0.207. The second kappa shape index (κ2) is 10.9. The molecule has 3 heterocycles. The number of amides is 2. The highest BCUT2D eigenvalue weighted by molar-refractivity contribution is 9.10. The first-order chi connectivity index (χ1) is 20.1. The van der Waals surface area contributed by atoms with Gasteiger partial charge in [0.05, 0.1) is 34.6 Å². The third-order valence-corrected chi connectivity index (χ3v) is 8.16. The number of nitrogens with one attached hydrogen (secondary N) is 2. The average molecular weight is 656 g/mol. The molecule has 13 heteroatoms. The van der Waals surface area contributed by atoms with Gasteiger partial charge in [0.2, 0.25) is 11.8 Å². The molecule has 1 saturated heterocycles. The van der Waals surface area contributed by atoms with E-state index in [2.05, 4.69) is 36.3 Å². The molecule has 9 nitrogen and oxygen atoms in total. The van der Waals surface area contributed by atoms with Gasteiger partial charge in [-0.25, -0.2) is 13.8 Å². The van der Waals surface area contributed by atoms with Gasteiger partial charge >= 0.3 is 0 Å². The summed E-state index contributed by atoms with van der Waals surface area (Å²) in [6.07, 6.45) is -0.208. The van der Waals surface area contributed by atoms with Crippen LogP contribution >= 0.6 is 27.5 Å². The number of halogens is 4. The first-order valence-corrected chi connectivity index (χ1v) is 14.1. The number of ketones is 1. The van der Waals surface area contributed by atoms with Crippen LogP contribution in [0.25, 0.3) is 33.1 Å². The molecule has 1 aliphatic heterocycles. The number of carbonyl (C=O) groups excluding carboxylic acids is 3. The topological polar surface area (TPSA) is 113 Å². The van der Waals surface area contributed by atoms with Gasteiger partial charge in [0.25, 0.3) is 0 Å². The third-order valence-electron chi connectivity index (χ3n) is 7.28. The molecule has 0 radical (unpaired) electrons. The molecule has 0 bridgehead atoms. The molecule has 2 aromatic heterocycles. The maximum atomic E-state index is 15.7. The molecule has 6 rings (SSSR count). The van der Waals surface area contributed by atoms with E-state index >= 15 is 4.39 Å². The first kappa shape index (κ1) is 28.0. The zero-order chi connectivity index (χ0) is 29.7. The van der Waals surface area contributed by atoms with Crippen molar-refractivity contribution in [3.05, 3.63) is 75.9 Å². The molecule has 0 unspecified atom stereocenters. The van der Waals surface area contributed by atoms with E-state index in [-0.39, 0.29) is 47.3 Å². The van der Waals surface area contributed by atoms with Crippen molar-refractivity contribution in [3.8, 4) is 11.1 Å². The van der Waals surface area contributed by atoms with Crippen molar-refractivity contribution in [2.45, 2.75) is 32.1 Å². The van der Waals surface area contributed by atoms with Crippen LogP contribution in [0.3, 0.4) is 0 Å². The van der Waals surface area contributed by atoms with Crippen LogP contribution in [0.4, 0.5) is 14.5 Å². The Kier molecular flexibility index (Phi) is 7.27. The van der Waals surface area contributed by atoms with Gasteiger partial charge < -0.3 is 15.2 Å². The van der Waals surface area contributed by atoms with Crippen molar-refractivity contribution in [1.82, 2.24) is 24.6 Å². The monoisotopic (exact) mass is 654 g/mol. The highest BCUT2D eigenvalue weighted by atomic mass is 79.9. The van der Waals surface area contributed by atoms with Crippen LogP contribution < -0.4 is 5.32 Å². The normalized spacial score (nSPS) is 16.8. The molecule has 0 aliphatic carbocycles. The van der Waals surface area contributed by atoms with Gasteiger partial charge in [0.1, 0.15) is 30.0 Å². The molecule has 1 fully saturated rings. The molecule has 2 amide bonds. The van der Waals surface area contributed by atoms with Crippen LogP contribution in [-0.4, -0.2) is 61.0 Å². The number of carbonyl (C=O) groups is 3. The third kappa shape index (κ3) is 4.94. The summed E-state index contributed by atoms with van der Waals surface area (Å²) < 4.78 is 32.4. The summed E-state index contributed by atoms with van der Waals surface area (Å²) in [6, 6.07) is 11.8. The zero-order valence-corrected chi connectivity index (χ0v) is 24.3. The Labute approximate surface area is 251 Å². The number of benzene rings is 3. The highest BCUT2D eigenvalue weighted by Crippen LogP contribution is 2.36. The van der Waals surface area contributed by atoms with Crippen LogP contribution in [0.2, 0.25) is 5.02 Å². The number of likely N-dealkylation sites (tertiary alicyclic amines) is 1. The molecule has 1 aliphatic rings. The van der Waals surface area contributed by atoms with Gasteiger partial charge in [-0.15, -0.1) is 0 Å². The highest BCUT2D eigenvalue weighted by Gasteiger charge is 2.40. The zero-order valence-electron chi connectivity index (χ0n) is 22.0. The summed E-state index contributed by atoms with van der Waals surface area (Å²) in [4.78, 5) is 47.1. The molecule has 214 valence electrons. The molecule has 0 saturated carbocycles. The number of aromatic nitrogens is 4. The molecule has 0 spiro atoms. The fourth-order valence-electron chi connectivity index (χ4n) is 5.29. The quantitative estimate of drug-likeness (QED) is 0.221. The van der Waals surface area contributed by atoms with Gasteiger partial charge in [-0.1, -0.05) is 45.7 Å². The minimum atomic E-state index is -1.45. The van der Waals surface area contributed by atoms with E-state index in [4.69, 9.17) is 11.6 Å². The van der Waals surface area contributed by atoms with E-state index in [9.17, 15) is 18.8 Å². The van der Waals surface area contributed by atoms with E-state index in [0.29, 0.717) is 27.5 Å². The summed E-state index contributed by atoms with van der Waals surface area (Å²) in [5.74, 6) is -2.30. The lowest BCUT2D eigenvalue weighted by Crippen LogP contribution is -2.44. The minimum Gasteiger partial charge on any atom is -0.345 e. The summed E-state index contributed by atoms with van der Waals surface area (Å²) in [6.45, 7) is 0.754. The number of nitrogens with zero attached hydrogens (tertiary/aromatic N) is 4. The predicted octanol–water partition coefficient (Wildman–Crippen LogP) is 5.91. The van der Waals surface area contributed by atoms with Crippen molar-refractivity contribution in [2.75, 3.05) is 11.9 Å². The SMILES string of the molecule is CC(=O)c1nn(CC(=O)N2C[C@H](F)C[C@H]2C(=O)Nc2cccc(-c3ccc4[nH]cnc4c3Cl)c2F)c2ccc(Br)cc12. The standard InChI is InChI=1S/C29H22BrClF2N6O3/c1-14(40)27-19-9-15(30)5-8-22(19)39(37-27)12-24(41)38-11-16(32)10-23(38)29(42)36-20-4-2-3-18(26(20)33)17-6-7-21-28(25(17)31)35-13-34-21/h2-9,13,16,23H,10-12H2,1H3,(H,34,35)(H,36,42)/t16-,23+/m1/s1. The average Bonchev–Trinajstić information content (AvgIpc) is 3.68. The van der Waals surface area contributed by atoms with E-state index < -0.39 is 29.8 Å². The van der Waals surface area contributed by atoms with Gasteiger partial charge in [-0.2, -0.15) is 5.10 Å². The number of imidazole rings is 1. The van der Waals surface area contributed by atoms with Crippen molar-refractivity contribution in [2.24, 2.45) is 0 Å². The van der Waals surface area contributed by atoms with Crippen LogP contribution in [0, 0.1) is 5.82 Å². The summed E-state index contributed by atoms with van der Waals surface area (Å²) in [5, 5.41) is 7.64. The fourth-order valence-corrected chi connectivity index (χ4v) is 5.97. The number of H-pyrrole nitrogens is 1. The minimum absolute atomic E-state index is 0.139. The van der Waals surface area contributed by atoms with E-state index in [1.54, 1.807) is 36.4 Å². The van der Waals surface area contributed by atoms with E-state index in [1.165, 1.54) is 30.1 Å². The largest absolute Gasteiger partial charge is 0.345 e. The van der Waals surface area contributed by atoms with Crippen molar-refractivity contribution in [3.63, 3.8) is 0 Å². The van der Waals surface area contributed by atoms with Crippen LogP contribution in [0.1, 0.15) is 23.8 Å². The number of hydrogen-bond donors (Lipinski definition) is 2. The number of hydrogen-bond acceptors (Lipinski definition) is 5. The molecular weight excluding hydrogens is 634 g/mol. The van der Waals surface area contributed by atoms with Crippen molar-refractivity contribution >= 4 is 72.8 Å². The molecule has 5 aromatic rings. The van der Waals surface area contributed by atoms with Crippen LogP contribution in [0.15, 0.2) is 59.3 Å². The lowest BCUT2D eigenvalue weighted by molar-refractivity contribution is -0.137. The Morgan fingerprint density at radius 1 is 1.17 bits per heavy atom. The van der Waals surface area contributed by atoms with E-state index in [1.807, 2.05) is 0 Å². The summed E-state index contributed by atoms with van der Waals surface area (Å²) in [5.41, 5.74) is 2.29. The maximum Gasteiger partial charge on any atom is 0.247 e. The number of anilines is 1. The van der Waals surface area contributed by atoms with Crippen molar-refractivity contribution < 1.29 is 23.2 Å². The molecular formula is C29H22BrClF2N6O3. The van der Waals surface area contributed by atoms with Gasteiger partial charge in [-0.05, 0) is 30.3 Å². The lowest BCUT2D eigenvalue weighted by Gasteiger charge is -2.24. The number of aromatic amines is 1. The first-order valence-electron chi connectivity index (χ1n) is 12.9. The molecule has 42 heavy (non-hydrogen) atoms. The summed E-state index contributed by atoms with van der Waals surface area (Å²) in [7, 11) is 0. The molecule has 2 atom stereocenters. The molecule has 2 N–H and O–H groups in total. The Hall–Kier alpha value is -4.16. The van der Waals surface area contributed by atoms with Gasteiger partial charge in [0.15, 0.2) is 11.6 Å². The van der Waals surface area contributed by atoms with Gasteiger partial charge in [-0.3, -0.25) is 19.1 Å². The number of rotatable bonds is 6. The van der Waals surface area contributed by atoms with E-state index in [0.717, 1.165) is 9.37 Å². The predicted molar refractivity (Wildman–Crippen MR) is 158 cm³/mol. The number of alkyl halides is 1. The Bertz CT molecular complexity index is 1910. The Balaban J connectivity index is 1.25. The lowest BCUT2D eigenvalue weighted by atomic mass is 10.0. The number of fused-ring (bicyclic) bond motifs is 2. The van der Waals surface area contributed by atoms with Gasteiger partial charge in [0, 0.05) is 34.3 Å². The van der Waals surface area contributed by atoms with Crippen molar-refractivity contribution in [1.29, 1.82) is 0 Å². The Morgan fingerprint density at radius 2 is 1.98 bits per heavy atom.